The molecule has 0 fully saturated rings. The normalized spacial score (nSPS) is 13.6. The van der Waals surface area contributed by atoms with E-state index < -0.39 is 22.0 Å². The van der Waals surface area contributed by atoms with E-state index in [1.54, 1.807) is 20.8 Å². The molecule has 0 aliphatic heterocycles. The van der Waals surface area contributed by atoms with Gasteiger partial charge in [0.05, 0.1) is 18.3 Å². The minimum absolute atomic E-state index is 0.0922. The molecule has 0 aromatic carbocycles. The topological polar surface area (TPSA) is 85.4 Å². The quantitative estimate of drug-likeness (QED) is 0.816. The molecule has 6 nitrogen and oxygen atoms in total. The molecule has 1 aromatic rings. The Kier molecular flexibility index (Phi) is 4.83. The number of aryl methyl sites for hydroxylation is 1. The number of hydrogen-bond donors (Lipinski definition) is 1. The number of rotatable bonds is 5. The molecule has 18 heavy (non-hydrogen) atoms. The van der Waals surface area contributed by atoms with Gasteiger partial charge < -0.3 is 4.74 Å². The molecule has 0 bridgehead atoms. The van der Waals surface area contributed by atoms with Crippen LogP contribution in [0, 0.1) is 12.8 Å². The van der Waals surface area contributed by atoms with Crippen LogP contribution >= 0.6 is 11.3 Å². The van der Waals surface area contributed by atoms with Crippen LogP contribution in [0.3, 0.4) is 0 Å². The van der Waals surface area contributed by atoms with Crippen molar-refractivity contribution in [2.24, 2.45) is 5.92 Å². The maximum absolute atomic E-state index is 12.0. The summed E-state index contributed by atoms with van der Waals surface area (Å²) in [7, 11) is -2.51. The number of carbonyl (C=O) groups is 1. The molecule has 8 heteroatoms. The predicted octanol–water partition coefficient (Wildman–Crippen LogP) is 0.927. The molecule has 0 saturated heterocycles. The van der Waals surface area contributed by atoms with Gasteiger partial charge in [-0.2, -0.15) is 4.72 Å². The molecule has 1 aromatic heterocycles. The van der Waals surface area contributed by atoms with E-state index in [0.29, 0.717) is 5.01 Å². The van der Waals surface area contributed by atoms with Gasteiger partial charge in [-0.05, 0) is 12.8 Å². The zero-order chi connectivity index (χ0) is 13.9. The van der Waals surface area contributed by atoms with Crippen molar-refractivity contribution in [2.45, 2.75) is 31.0 Å². The molecule has 0 spiro atoms. The third-order valence-electron chi connectivity index (χ3n) is 2.27. The van der Waals surface area contributed by atoms with Crippen LogP contribution in [0.2, 0.25) is 0 Å². The van der Waals surface area contributed by atoms with E-state index in [1.807, 2.05) is 0 Å². The van der Waals surface area contributed by atoms with Gasteiger partial charge in [0.25, 0.3) is 10.0 Å². The van der Waals surface area contributed by atoms with Crippen molar-refractivity contribution >= 4 is 27.3 Å². The lowest BCUT2D eigenvalue weighted by Gasteiger charge is -2.18. The maximum Gasteiger partial charge on any atom is 0.324 e. The number of nitrogens with one attached hydrogen (secondary N) is 1. The lowest BCUT2D eigenvalue weighted by molar-refractivity contribution is -0.143. The Bertz CT molecular complexity index is 522. The van der Waals surface area contributed by atoms with E-state index in [9.17, 15) is 13.2 Å². The summed E-state index contributed by atoms with van der Waals surface area (Å²) < 4.78 is 31.1. The number of thiazole rings is 1. The van der Waals surface area contributed by atoms with Gasteiger partial charge in [-0.3, -0.25) is 4.79 Å². The van der Waals surface area contributed by atoms with Gasteiger partial charge in [0.2, 0.25) is 0 Å². The Labute approximate surface area is 110 Å². The maximum atomic E-state index is 12.0. The Morgan fingerprint density at radius 2 is 2.11 bits per heavy atom. The van der Waals surface area contributed by atoms with E-state index in [4.69, 9.17) is 0 Å². The lowest BCUT2D eigenvalue weighted by atomic mass is 10.1. The zero-order valence-electron chi connectivity index (χ0n) is 10.6. The molecule has 0 saturated carbocycles. The van der Waals surface area contributed by atoms with E-state index in [0.717, 1.165) is 11.3 Å². The Morgan fingerprint density at radius 1 is 1.50 bits per heavy atom. The molecule has 1 heterocycles. The summed E-state index contributed by atoms with van der Waals surface area (Å²) in [6.45, 7) is 5.19. The lowest BCUT2D eigenvalue weighted by Crippen LogP contribution is -2.44. The van der Waals surface area contributed by atoms with Gasteiger partial charge in [-0.15, -0.1) is 11.3 Å². The smallest absolute Gasteiger partial charge is 0.324 e. The van der Waals surface area contributed by atoms with Crippen LogP contribution in [-0.2, 0) is 19.6 Å². The van der Waals surface area contributed by atoms with Crippen molar-refractivity contribution in [2.75, 3.05) is 7.11 Å². The molecule has 0 aliphatic rings. The summed E-state index contributed by atoms with van der Waals surface area (Å²) in [4.78, 5) is 15.4. The molecule has 0 aliphatic carbocycles. The van der Waals surface area contributed by atoms with Crippen molar-refractivity contribution in [1.82, 2.24) is 9.71 Å². The van der Waals surface area contributed by atoms with E-state index >= 15 is 0 Å². The van der Waals surface area contributed by atoms with Crippen molar-refractivity contribution < 1.29 is 17.9 Å². The number of aromatic nitrogens is 1. The number of nitrogens with zero attached hydrogens (tertiary/aromatic N) is 1. The average molecular weight is 292 g/mol. The van der Waals surface area contributed by atoms with Crippen LogP contribution in [0.15, 0.2) is 10.4 Å². The van der Waals surface area contributed by atoms with Crippen molar-refractivity contribution in [1.29, 1.82) is 0 Å². The second kappa shape index (κ2) is 5.77. The van der Waals surface area contributed by atoms with Crippen LogP contribution in [0.25, 0.3) is 0 Å². The summed E-state index contributed by atoms with van der Waals surface area (Å²) in [6.07, 6.45) is 1.27. The molecule has 1 unspecified atom stereocenters. The number of esters is 1. The highest BCUT2D eigenvalue weighted by molar-refractivity contribution is 7.91. The van der Waals surface area contributed by atoms with E-state index in [2.05, 4.69) is 14.4 Å². The highest BCUT2D eigenvalue weighted by Gasteiger charge is 2.29. The number of methoxy groups -OCH3 is 1. The molecule has 0 amide bonds. The third-order valence-corrected chi connectivity index (χ3v) is 5.08. The van der Waals surface area contributed by atoms with Gasteiger partial charge in [0.1, 0.15) is 6.04 Å². The first-order valence-electron chi connectivity index (χ1n) is 5.30. The molecule has 1 rings (SSSR count). The summed E-state index contributed by atoms with van der Waals surface area (Å²) in [5, 5.41) is 0.648. The zero-order valence-corrected chi connectivity index (χ0v) is 12.3. The minimum atomic E-state index is -3.73. The number of carbonyl (C=O) groups excluding carboxylic acids is 1. The monoisotopic (exact) mass is 292 g/mol. The third kappa shape index (κ3) is 3.50. The highest BCUT2D eigenvalue weighted by atomic mass is 32.2. The second-order valence-corrected chi connectivity index (χ2v) is 7.24. The van der Waals surface area contributed by atoms with Gasteiger partial charge in [0.15, 0.2) is 4.21 Å². The standard InChI is InChI=1S/C10H16N2O4S2/c1-6(2)9(10(13)16-4)12-18(14,15)8-5-11-7(3)17-8/h5-6,9,12H,1-4H3. The fraction of sp³-hybridized carbons (Fsp3) is 0.600. The van der Waals surface area contributed by atoms with Crippen LogP contribution < -0.4 is 4.72 Å². The van der Waals surface area contributed by atoms with Crippen LogP contribution in [-0.4, -0.2) is 32.5 Å². The first kappa shape index (κ1) is 15.1. The van der Waals surface area contributed by atoms with E-state index in [-0.39, 0.29) is 10.1 Å². The molecule has 102 valence electrons. The summed E-state index contributed by atoms with van der Waals surface area (Å²) in [6, 6.07) is -0.901. The fourth-order valence-corrected chi connectivity index (χ4v) is 3.73. The first-order chi connectivity index (χ1) is 8.27. The molecular weight excluding hydrogens is 276 g/mol. The van der Waals surface area contributed by atoms with E-state index in [1.165, 1.54) is 13.3 Å². The highest BCUT2D eigenvalue weighted by Crippen LogP contribution is 2.19. The van der Waals surface area contributed by atoms with Gasteiger partial charge in [-0.1, -0.05) is 13.8 Å². The van der Waals surface area contributed by atoms with Crippen molar-refractivity contribution in [3.05, 3.63) is 11.2 Å². The Balaban J connectivity index is 2.97. The Hall–Kier alpha value is -0.990. The Morgan fingerprint density at radius 3 is 2.50 bits per heavy atom. The number of sulfonamides is 1. The number of ether oxygens (including phenoxy) is 1. The summed E-state index contributed by atoms with van der Waals surface area (Å²) in [5.41, 5.74) is 0. The van der Waals surface area contributed by atoms with Crippen molar-refractivity contribution in [3.8, 4) is 0 Å². The minimum Gasteiger partial charge on any atom is -0.468 e. The largest absolute Gasteiger partial charge is 0.468 e. The fourth-order valence-electron chi connectivity index (χ4n) is 1.27. The molecule has 1 N–H and O–H groups in total. The summed E-state index contributed by atoms with van der Waals surface area (Å²) in [5.74, 6) is -0.809. The summed E-state index contributed by atoms with van der Waals surface area (Å²) >= 11 is 1.05. The van der Waals surface area contributed by atoms with Gasteiger partial charge >= 0.3 is 5.97 Å². The first-order valence-corrected chi connectivity index (χ1v) is 7.60. The second-order valence-electron chi connectivity index (χ2n) is 4.06. The van der Waals surface area contributed by atoms with Gasteiger partial charge in [0, 0.05) is 0 Å². The van der Waals surface area contributed by atoms with Crippen LogP contribution in [0.4, 0.5) is 0 Å². The predicted molar refractivity (Wildman–Crippen MR) is 67.8 cm³/mol. The molecular formula is C10H16N2O4S2. The van der Waals surface area contributed by atoms with Crippen molar-refractivity contribution in [3.63, 3.8) is 0 Å². The average Bonchev–Trinajstić information content (AvgIpc) is 2.72. The van der Waals surface area contributed by atoms with Crippen LogP contribution in [0.5, 0.6) is 0 Å². The molecule has 1 atom stereocenters. The van der Waals surface area contributed by atoms with Crippen LogP contribution in [0.1, 0.15) is 18.9 Å². The molecule has 0 radical (unpaired) electrons. The SMILES string of the molecule is COC(=O)C(NS(=O)(=O)c1cnc(C)s1)C(C)C. The van der Waals surface area contributed by atoms with Gasteiger partial charge in [-0.25, -0.2) is 13.4 Å². The number of hydrogen-bond acceptors (Lipinski definition) is 6.